The Kier molecular flexibility index (Phi) is 7.93. The summed E-state index contributed by atoms with van der Waals surface area (Å²) in [7, 11) is 1.63. The second-order valence-electron chi connectivity index (χ2n) is 5.91. The normalized spacial score (nSPS) is 12.3. The largest absolute Gasteiger partial charge is 0.385 e. The first kappa shape index (κ1) is 20.7. The molecule has 0 aliphatic rings. The van der Waals surface area contributed by atoms with Gasteiger partial charge < -0.3 is 10.1 Å². The van der Waals surface area contributed by atoms with Gasteiger partial charge >= 0.3 is 0 Å². The molecule has 0 aliphatic carbocycles. The SMILES string of the molecule is CCCn1c(SC(C)C(=O)NCCCOC)nc2cc(Cl)ccc2c1=O. The molecule has 1 aromatic carbocycles. The highest BCUT2D eigenvalue weighted by atomic mass is 35.5. The number of rotatable bonds is 9. The number of carbonyl (C=O) groups excluding carboxylic acids is 1. The highest BCUT2D eigenvalue weighted by molar-refractivity contribution is 8.00. The number of nitrogens with one attached hydrogen (secondary N) is 1. The number of benzene rings is 1. The fourth-order valence-corrected chi connectivity index (χ4v) is 3.59. The monoisotopic (exact) mass is 397 g/mol. The minimum Gasteiger partial charge on any atom is -0.385 e. The number of ether oxygens (including phenoxy) is 1. The Morgan fingerprint density at radius 2 is 2.23 bits per heavy atom. The Bertz CT molecular complexity index is 825. The molecular formula is C18H24ClN3O3S. The van der Waals surface area contributed by atoms with Gasteiger partial charge in [-0.05, 0) is 38.0 Å². The third-order valence-electron chi connectivity index (χ3n) is 3.81. The van der Waals surface area contributed by atoms with Crippen molar-refractivity contribution in [3.63, 3.8) is 0 Å². The predicted octanol–water partition coefficient (Wildman–Crippen LogP) is 3.09. The van der Waals surface area contributed by atoms with E-state index in [-0.39, 0.29) is 16.7 Å². The average molecular weight is 398 g/mol. The quantitative estimate of drug-likeness (QED) is 0.400. The summed E-state index contributed by atoms with van der Waals surface area (Å²) in [6.45, 7) is 5.51. The summed E-state index contributed by atoms with van der Waals surface area (Å²) >= 11 is 7.32. The van der Waals surface area contributed by atoms with Gasteiger partial charge in [-0.3, -0.25) is 14.2 Å². The van der Waals surface area contributed by atoms with E-state index in [1.165, 1.54) is 11.8 Å². The van der Waals surface area contributed by atoms with Gasteiger partial charge in [0, 0.05) is 31.8 Å². The molecule has 0 aliphatic heterocycles. The van der Waals surface area contributed by atoms with Gasteiger partial charge in [0.2, 0.25) is 5.91 Å². The minimum absolute atomic E-state index is 0.0883. The maximum absolute atomic E-state index is 12.8. The van der Waals surface area contributed by atoms with Gasteiger partial charge in [-0.25, -0.2) is 4.98 Å². The van der Waals surface area contributed by atoms with Crippen LogP contribution in [0.5, 0.6) is 0 Å². The number of nitrogens with zero attached hydrogens (tertiary/aromatic N) is 2. The van der Waals surface area contributed by atoms with E-state index in [1.54, 1.807) is 36.8 Å². The van der Waals surface area contributed by atoms with Crippen LogP contribution >= 0.6 is 23.4 Å². The van der Waals surface area contributed by atoms with Crippen molar-refractivity contribution in [1.82, 2.24) is 14.9 Å². The van der Waals surface area contributed by atoms with E-state index in [1.807, 2.05) is 6.92 Å². The zero-order valence-electron chi connectivity index (χ0n) is 15.3. The number of carbonyl (C=O) groups is 1. The van der Waals surface area contributed by atoms with Crippen LogP contribution in [0, 0.1) is 0 Å². The number of fused-ring (bicyclic) bond motifs is 1. The first-order chi connectivity index (χ1) is 12.5. The molecule has 2 aromatic rings. The van der Waals surface area contributed by atoms with E-state index in [0.29, 0.717) is 40.8 Å². The number of hydrogen-bond acceptors (Lipinski definition) is 5. The van der Waals surface area contributed by atoms with E-state index in [4.69, 9.17) is 16.3 Å². The summed E-state index contributed by atoms with van der Waals surface area (Å²) in [4.78, 5) is 29.7. The summed E-state index contributed by atoms with van der Waals surface area (Å²) in [6.07, 6.45) is 1.55. The molecule has 8 heteroatoms. The van der Waals surface area contributed by atoms with Gasteiger partial charge in [0.1, 0.15) is 0 Å². The summed E-state index contributed by atoms with van der Waals surface area (Å²) < 4.78 is 6.61. The van der Waals surface area contributed by atoms with Crippen molar-refractivity contribution < 1.29 is 9.53 Å². The Balaban J connectivity index is 2.25. The molecule has 0 radical (unpaired) electrons. The van der Waals surface area contributed by atoms with Crippen molar-refractivity contribution in [3.05, 3.63) is 33.6 Å². The summed E-state index contributed by atoms with van der Waals surface area (Å²) in [5, 5.41) is 4.09. The van der Waals surface area contributed by atoms with E-state index in [2.05, 4.69) is 10.3 Å². The molecule has 26 heavy (non-hydrogen) atoms. The van der Waals surface area contributed by atoms with Gasteiger partial charge in [0.15, 0.2) is 5.16 Å². The van der Waals surface area contributed by atoms with E-state index >= 15 is 0 Å². The average Bonchev–Trinajstić information content (AvgIpc) is 2.61. The Hall–Kier alpha value is -1.57. The van der Waals surface area contributed by atoms with Crippen molar-refractivity contribution in [3.8, 4) is 0 Å². The molecule has 0 bridgehead atoms. The second-order valence-corrected chi connectivity index (χ2v) is 7.65. The molecule has 0 spiro atoms. The molecule has 1 atom stereocenters. The smallest absolute Gasteiger partial charge is 0.262 e. The highest BCUT2D eigenvalue weighted by Gasteiger charge is 2.19. The van der Waals surface area contributed by atoms with Crippen LogP contribution in [0.3, 0.4) is 0 Å². The number of methoxy groups -OCH3 is 1. The number of hydrogen-bond donors (Lipinski definition) is 1. The molecule has 0 saturated heterocycles. The van der Waals surface area contributed by atoms with Gasteiger partial charge in [-0.1, -0.05) is 30.3 Å². The first-order valence-corrected chi connectivity index (χ1v) is 9.87. The maximum Gasteiger partial charge on any atom is 0.262 e. The van der Waals surface area contributed by atoms with Crippen molar-refractivity contribution in [2.45, 2.75) is 43.6 Å². The predicted molar refractivity (Wildman–Crippen MR) is 106 cm³/mol. The van der Waals surface area contributed by atoms with Gasteiger partial charge in [-0.15, -0.1) is 0 Å². The third-order valence-corrected chi connectivity index (χ3v) is 5.13. The lowest BCUT2D eigenvalue weighted by atomic mass is 10.2. The van der Waals surface area contributed by atoms with Gasteiger partial charge in [-0.2, -0.15) is 0 Å². The van der Waals surface area contributed by atoms with Crippen LogP contribution < -0.4 is 10.9 Å². The second kappa shape index (κ2) is 9.94. The molecule has 142 valence electrons. The first-order valence-electron chi connectivity index (χ1n) is 8.61. The van der Waals surface area contributed by atoms with E-state index < -0.39 is 0 Å². The van der Waals surface area contributed by atoms with Gasteiger partial charge in [0.05, 0.1) is 16.2 Å². The molecule has 2 rings (SSSR count). The molecule has 1 heterocycles. The zero-order chi connectivity index (χ0) is 19.1. The van der Waals surface area contributed by atoms with Crippen molar-refractivity contribution in [1.29, 1.82) is 0 Å². The Morgan fingerprint density at radius 3 is 2.92 bits per heavy atom. The van der Waals surface area contributed by atoms with Crippen LogP contribution in [-0.4, -0.2) is 41.0 Å². The maximum atomic E-state index is 12.8. The van der Waals surface area contributed by atoms with Crippen LogP contribution in [-0.2, 0) is 16.1 Å². The molecule has 1 unspecified atom stereocenters. The third kappa shape index (κ3) is 5.22. The van der Waals surface area contributed by atoms with E-state index in [0.717, 1.165) is 12.8 Å². The van der Waals surface area contributed by atoms with Crippen molar-refractivity contribution >= 4 is 40.2 Å². The number of halogens is 1. The zero-order valence-corrected chi connectivity index (χ0v) is 16.8. The number of amides is 1. The van der Waals surface area contributed by atoms with Crippen LogP contribution in [0.4, 0.5) is 0 Å². The topological polar surface area (TPSA) is 73.2 Å². The molecule has 0 saturated carbocycles. The summed E-state index contributed by atoms with van der Waals surface area (Å²) in [5.74, 6) is -0.0883. The van der Waals surface area contributed by atoms with Crippen LogP contribution in [0.1, 0.15) is 26.7 Å². The Morgan fingerprint density at radius 1 is 1.46 bits per heavy atom. The lowest BCUT2D eigenvalue weighted by Gasteiger charge is -2.16. The molecular weight excluding hydrogens is 374 g/mol. The number of aromatic nitrogens is 2. The lowest BCUT2D eigenvalue weighted by molar-refractivity contribution is -0.120. The molecule has 1 amide bonds. The molecule has 6 nitrogen and oxygen atoms in total. The highest BCUT2D eigenvalue weighted by Crippen LogP contribution is 2.24. The molecule has 1 N–H and O–H groups in total. The summed E-state index contributed by atoms with van der Waals surface area (Å²) in [5.41, 5.74) is 0.439. The number of thioether (sulfide) groups is 1. The fourth-order valence-electron chi connectivity index (χ4n) is 2.47. The van der Waals surface area contributed by atoms with E-state index in [9.17, 15) is 9.59 Å². The van der Waals surface area contributed by atoms with Crippen molar-refractivity contribution in [2.75, 3.05) is 20.3 Å². The van der Waals surface area contributed by atoms with Crippen molar-refractivity contribution in [2.24, 2.45) is 0 Å². The standard InChI is InChI=1S/C18H24ClN3O3S/c1-4-9-22-17(24)14-7-6-13(19)11-15(14)21-18(22)26-12(2)16(23)20-8-5-10-25-3/h6-7,11-12H,4-5,8-10H2,1-3H3,(H,20,23). The van der Waals surface area contributed by atoms with Crippen LogP contribution in [0.25, 0.3) is 10.9 Å². The lowest BCUT2D eigenvalue weighted by Crippen LogP contribution is -2.33. The Labute approximate surface area is 162 Å². The molecule has 1 aromatic heterocycles. The fraction of sp³-hybridized carbons (Fsp3) is 0.500. The minimum atomic E-state index is -0.371. The van der Waals surface area contributed by atoms with Crippen LogP contribution in [0.15, 0.2) is 28.2 Å². The summed E-state index contributed by atoms with van der Waals surface area (Å²) in [6, 6.07) is 5.06. The van der Waals surface area contributed by atoms with Crippen LogP contribution in [0.2, 0.25) is 5.02 Å². The van der Waals surface area contributed by atoms with Gasteiger partial charge in [0.25, 0.3) is 5.56 Å². The molecule has 0 fully saturated rings.